The third-order valence-corrected chi connectivity index (χ3v) is 4.96. The average Bonchev–Trinajstić information content (AvgIpc) is 2.97. The monoisotopic (exact) mass is 292 g/mol. The molecule has 1 aromatic heterocycles. The highest BCUT2D eigenvalue weighted by atomic mass is 15.4. The van der Waals surface area contributed by atoms with Gasteiger partial charge in [0.2, 0.25) is 0 Å². The standard InChI is InChI=1S/C17H32N4/c1-4-11-18-17(15-9-7-14(6-3)8-10-15)16-13-19-20-21(16)12-5-2/h13-15,17-18H,4-12H2,1-3H3. The Kier molecular flexibility index (Phi) is 6.68. The highest BCUT2D eigenvalue weighted by Gasteiger charge is 2.29. The molecule has 0 bridgehead atoms. The van der Waals surface area contributed by atoms with Crippen molar-refractivity contribution in [3.8, 4) is 0 Å². The van der Waals surface area contributed by atoms with Crippen molar-refractivity contribution in [3.05, 3.63) is 11.9 Å². The molecule has 1 saturated carbocycles. The number of aryl methyl sites for hydroxylation is 1. The van der Waals surface area contributed by atoms with Crippen LogP contribution in [-0.2, 0) is 6.54 Å². The molecule has 0 spiro atoms. The Morgan fingerprint density at radius 2 is 1.95 bits per heavy atom. The Bertz CT molecular complexity index is 393. The zero-order valence-electron chi connectivity index (χ0n) is 14.0. The van der Waals surface area contributed by atoms with Crippen molar-refractivity contribution in [2.45, 2.75) is 78.3 Å². The highest BCUT2D eigenvalue weighted by Crippen LogP contribution is 2.37. The Balaban J connectivity index is 2.08. The lowest BCUT2D eigenvalue weighted by Crippen LogP contribution is -2.33. The minimum atomic E-state index is 0.435. The first-order valence-electron chi connectivity index (χ1n) is 8.91. The summed E-state index contributed by atoms with van der Waals surface area (Å²) in [6.07, 6.45) is 11.1. The van der Waals surface area contributed by atoms with E-state index in [1.807, 2.05) is 6.20 Å². The summed E-state index contributed by atoms with van der Waals surface area (Å²) in [4.78, 5) is 0. The van der Waals surface area contributed by atoms with E-state index in [2.05, 4.69) is 41.1 Å². The van der Waals surface area contributed by atoms with Crippen molar-refractivity contribution < 1.29 is 0 Å². The Hall–Kier alpha value is -0.900. The van der Waals surface area contributed by atoms with E-state index >= 15 is 0 Å². The molecule has 1 N–H and O–H groups in total. The molecule has 1 unspecified atom stereocenters. The van der Waals surface area contributed by atoms with Crippen LogP contribution >= 0.6 is 0 Å². The van der Waals surface area contributed by atoms with Crippen LogP contribution in [0.2, 0.25) is 0 Å². The molecule has 4 nitrogen and oxygen atoms in total. The van der Waals surface area contributed by atoms with Gasteiger partial charge in [-0.2, -0.15) is 0 Å². The largest absolute Gasteiger partial charge is 0.308 e. The summed E-state index contributed by atoms with van der Waals surface area (Å²) in [6.45, 7) is 8.82. The van der Waals surface area contributed by atoms with Crippen molar-refractivity contribution in [2.24, 2.45) is 11.8 Å². The number of hydrogen-bond acceptors (Lipinski definition) is 3. The third-order valence-electron chi connectivity index (χ3n) is 4.96. The minimum absolute atomic E-state index is 0.435. The zero-order chi connectivity index (χ0) is 15.1. The van der Waals surface area contributed by atoms with Crippen LogP contribution in [0.15, 0.2) is 6.20 Å². The van der Waals surface area contributed by atoms with Crippen LogP contribution < -0.4 is 5.32 Å². The van der Waals surface area contributed by atoms with Gasteiger partial charge in [0.15, 0.2) is 0 Å². The summed E-state index contributed by atoms with van der Waals surface area (Å²) in [5, 5.41) is 12.2. The lowest BCUT2D eigenvalue weighted by molar-refractivity contribution is 0.212. The molecule has 1 atom stereocenters. The van der Waals surface area contributed by atoms with E-state index in [1.165, 1.54) is 44.2 Å². The number of aromatic nitrogens is 3. The molecule has 0 aliphatic heterocycles. The van der Waals surface area contributed by atoms with Crippen molar-refractivity contribution in [2.75, 3.05) is 6.54 Å². The molecule has 1 fully saturated rings. The first kappa shape index (κ1) is 16.5. The molecule has 1 heterocycles. The summed E-state index contributed by atoms with van der Waals surface area (Å²) in [5.41, 5.74) is 1.30. The molecular weight excluding hydrogens is 260 g/mol. The molecular formula is C17H32N4. The number of rotatable bonds is 8. The van der Waals surface area contributed by atoms with Crippen LogP contribution in [0.4, 0.5) is 0 Å². The zero-order valence-corrected chi connectivity index (χ0v) is 14.0. The molecule has 0 aromatic carbocycles. The summed E-state index contributed by atoms with van der Waals surface area (Å²) in [5.74, 6) is 1.69. The van der Waals surface area contributed by atoms with Gasteiger partial charge in [-0.15, -0.1) is 5.10 Å². The Morgan fingerprint density at radius 3 is 2.57 bits per heavy atom. The maximum atomic E-state index is 4.29. The van der Waals surface area contributed by atoms with Crippen molar-refractivity contribution in [1.82, 2.24) is 20.3 Å². The van der Waals surface area contributed by atoms with Gasteiger partial charge in [0.25, 0.3) is 0 Å². The fourth-order valence-corrected chi connectivity index (χ4v) is 3.63. The quantitative estimate of drug-likeness (QED) is 0.789. The van der Waals surface area contributed by atoms with E-state index in [4.69, 9.17) is 0 Å². The normalized spacial score (nSPS) is 24.1. The predicted octanol–water partition coefficient (Wildman–Crippen LogP) is 3.95. The minimum Gasteiger partial charge on any atom is -0.308 e. The van der Waals surface area contributed by atoms with Gasteiger partial charge in [0, 0.05) is 6.54 Å². The number of nitrogens with zero attached hydrogens (tertiary/aromatic N) is 3. The topological polar surface area (TPSA) is 42.7 Å². The second-order valence-electron chi connectivity index (χ2n) is 6.50. The summed E-state index contributed by atoms with van der Waals surface area (Å²) < 4.78 is 2.11. The van der Waals surface area contributed by atoms with Gasteiger partial charge in [-0.25, -0.2) is 4.68 Å². The van der Waals surface area contributed by atoms with Crippen molar-refractivity contribution >= 4 is 0 Å². The molecule has 1 aliphatic carbocycles. The van der Waals surface area contributed by atoms with E-state index in [0.717, 1.165) is 31.3 Å². The van der Waals surface area contributed by atoms with Crippen LogP contribution in [0.5, 0.6) is 0 Å². The van der Waals surface area contributed by atoms with E-state index in [1.54, 1.807) is 0 Å². The fraction of sp³-hybridized carbons (Fsp3) is 0.882. The van der Waals surface area contributed by atoms with Gasteiger partial charge in [-0.3, -0.25) is 0 Å². The SMILES string of the molecule is CCCNC(c1cnnn1CCC)C1CCC(CC)CC1. The molecule has 0 radical (unpaired) electrons. The van der Waals surface area contributed by atoms with Crippen molar-refractivity contribution in [1.29, 1.82) is 0 Å². The van der Waals surface area contributed by atoms with E-state index in [9.17, 15) is 0 Å². The van der Waals surface area contributed by atoms with Crippen LogP contribution in [0, 0.1) is 11.8 Å². The summed E-state index contributed by atoms with van der Waals surface area (Å²) in [7, 11) is 0. The summed E-state index contributed by atoms with van der Waals surface area (Å²) >= 11 is 0. The maximum absolute atomic E-state index is 4.29. The first-order chi connectivity index (χ1) is 10.3. The molecule has 0 saturated heterocycles. The van der Waals surface area contributed by atoms with Crippen LogP contribution in [0.3, 0.4) is 0 Å². The van der Waals surface area contributed by atoms with E-state index in [-0.39, 0.29) is 0 Å². The van der Waals surface area contributed by atoms with Gasteiger partial charge in [-0.05, 0) is 44.1 Å². The van der Waals surface area contributed by atoms with Crippen molar-refractivity contribution in [3.63, 3.8) is 0 Å². The summed E-state index contributed by atoms with van der Waals surface area (Å²) in [6, 6.07) is 0.435. The van der Waals surface area contributed by atoms with Gasteiger partial charge in [0.1, 0.15) is 0 Å². The molecule has 4 heteroatoms. The third kappa shape index (κ3) is 4.29. The van der Waals surface area contributed by atoms with Gasteiger partial charge in [-0.1, -0.05) is 45.2 Å². The predicted molar refractivity (Wildman–Crippen MR) is 87.1 cm³/mol. The molecule has 21 heavy (non-hydrogen) atoms. The molecule has 1 aromatic rings. The van der Waals surface area contributed by atoms with E-state index < -0.39 is 0 Å². The van der Waals surface area contributed by atoms with Gasteiger partial charge >= 0.3 is 0 Å². The Morgan fingerprint density at radius 1 is 1.19 bits per heavy atom. The number of hydrogen-bond donors (Lipinski definition) is 1. The second-order valence-corrected chi connectivity index (χ2v) is 6.50. The molecule has 1 aliphatic rings. The second kappa shape index (κ2) is 8.52. The lowest BCUT2D eigenvalue weighted by Gasteiger charge is -2.34. The van der Waals surface area contributed by atoms with Crippen LogP contribution in [-0.4, -0.2) is 21.5 Å². The first-order valence-corrected chi connectivity index (χ1v) is 8.91. The Labute approximate surface area is 129 Å². The molecule has 120 valence electrons. The highest BCUT2D eigenvalue weighted by molar-refractivity contribution is 5.05. The fourth-order valence-electron chi connectivity index (χ4n) is 3.63. The van der Waals surface area contributed by atoms with Crippen LogP contribution in [0.1, 0.15) is 77.5 Å². The number of nitrogens with one attached hydrogen (secondary N) is 1. The smallest absolute Gasteiger partial charge is 0.0759 e. The van der Waals surface area contributed by atoms with E-state index in [0.29, 0.717) is 6.04 Å². The lowest BCUT2D eigenvalue weighted by atomic mass is 9.77. The van der Waals surface area contributed by atoms with Crippen LogP contribution in [0.25, 0.3) is 0 Å². The van der Waals surface area contributed by atoms with Gasteiger partial charge in [0.05, 0.1) is 17.9 Å². The van der Waals surface area contributed by atoms with Gasteiger partial charge < -0.3 is 5.32 Å². The molecule has 2 rings (SSSR count). The maximum Gasteiger partial charge on any atom is 0.0759 e. The molecule has 0 amide bonds. The average molecular weight is 292 g/mol.